The summed E-state index contributed by atoms with van der Waals surface area (Å²) in [6, 6.07) is 1.92. The van der Waals surface area contributed by atoms with E-state index >= 15 is 0 Å². The molecule has 2 heterocycles. The second-order valence-electron chi connectivity index (χ2n) is 3.11. The van der Waals surface area contributed by atoms with Crippen LogP contribution in [0.2, 0.25) is 0 Å². The summed E-state index contributed by atoms with van der Waals surface area (Å²) in [5.41, 5.74) is 7.35. The number of hydrogen-bond acceptors (Lipinski definition) is 4. The first-order valence-electron chi connectivity index (χ1n) is 4.75. The van der Waals surface area contributed by atoms with Crippen LogP contribution in [-0.4, -0.2) is 19.6 Å². The van der Waals surface area contributed by atoms with E-state index in [0.717, 1.165) is 30.0 Å². The fraction of sp³-hybridized carbons (Fsp3) is 0.444. The molecule has 5 heteroatoms. The minimum absolute atomic E-state index is 0.301. The molecule has 2 aromatic rings. The molecule has 74 valence electrons. The Morgan fingerprint density at radius 1 is 1.29 bits per heavy atom. The predicted molar refractivity (Wildman–Crippen MR) is 54.0 cm³/mol. The lowest BCUT2D eigenvalue weighted by molar-refractivity contribution is 0.793. The van der Waals surface area contributed by atoms with Gasteiger partial charge in [-0.3, -0.25) is 0 Å². The first kappa shape index (κ1) is 8.93. The number of hydrogen-bond donors (Lipinski definition) is 1. The van der Waals surface area contributed by atoms with Gasteiger partial charge < -0.3 is 5.73 Å². The third-order valence-corrected chi connectivity index (χ3v) is 2.14. The highest BCUT2D eigenvalue weighted by Gasteiger charge is 2.06. The van der Waals surface area contributed by atoms with Crippen molar-refractivity contribution in [1.29, 1.82) is 0 Å². The molecule has 0 aliphatic carbocycles. The van der Waals surface area contributed by atoms with Crippen LogP contribution in [0.15, 0.2) is 6.07 Å². The summed E-state index contributed by atoms with van der Waals surface area (Å²) < 4.78 is 1.70. The van der Waals surface area contributed by atoms with Crippen LogP contribution >= 0.6 is 0 Å². The van der Waals surface area contributed by atoms with E-state index in [1.165, 1.54) is 0 Å². The maximum atomic E-state index is 5.53. The highest BCUT2D eigenvalue weighted by atomic mass is 15.3. The van der Waals surface area contributed by atoms with Gasteiger partial charge in [0.1, 0.15) is 5.82 Å². The number of anilines is 1. The SMILES string of the molecule is CCc1cc2nc(N)nn2c(CC)n1. The molecule has 0 saturated heterocycles. The Balaban J connectivity index is 2.72. The summed E-state index contributed by atoms with van der Waals surface area (Å²) in [6.45, 7) is 4.11. The van der Waals surface area contributed by atoms with Crippen LogP contribution < -0.4 is 5.73 Å². The molecular weight excluding hydrogens is 178 g/mol. The van der Waals surface area contributed by atoms with Gasteiger partial charge in [0.2, 0.25) is 5.95 Å². The van der Waals surface area contributed by atoms with E-state index in [1.807, 2.05) is 13.0 Å². The molecule has 0 saturated carbocycles. The number of nitrogens with zero attached hydrogens (tertiary/aromatic N) is 4. The molecule has 0 fully saturated rings. The van der Waals surface area contributed by atoms with Crippen molar-refractivity contribution >= 4 is 11.6 Å². The van der Waals surface area contributed by atoms with Gasteiger partial charge in [0.15, 0.2) is 5.65 Å². The lowest BCUT2D eigenvalue weighted by Crippen LogP contribution is -2.04. The maximum Gasteiger partial charge on any atom is 0.240 e. The number of aromatic nitrogens is 4. The molecule has 0 radical (unpaired) electrons. The van der Waals surface area contributed by atoms with Crippen molar-refractivity contribution in [3.05, 3.63) is 17.6 Å². The minimum Gasteiger partial charge on any atom is -0.366 e. The monoisotopic (exact) mass is 191 g/mol. The van der Waals surface area contributed by atoms with Crippen molar-refractivity contribution in [3.8, 4) is 0 Å². The Morgan fingerprint density at radius 3 is 2.71 bits per heavy atom. The minimum atomic E-state index is 0.301. The Kier molecular flexibility index (Phi) is 2.07. The third kappa shape index (κ3) is 1.30. The van der Waals surface area contributed by atoms with E-state index < -0.39 is 0 Å². The standard InChI is InChI=1S/C9H13N5/c1-3-6-5-8-12-9(10)13-14(8)7(4-2)11-6/h5H,3-4H2,1-2H3,(H2,10,13). The summed E-state index contributed by atoms with van der Waals surface area (Å²) in [5, 5.41) is 4.08. The van der Waals surface area contributed by atoms with E-state index in [2.05, 4.69) is 22.0 Å². The molecule has 0 aliphatic rings. The number of nitrogens with two attached hydrogens (primary N) is 1. The summed E-state index contributed by atoms with van der Waals surface area (Å²) in [4.78, 5) is 8.58. The normalized spacial score (nSPS) is 11.0. The summed E-state index contributed by atoms with van der Waals surface area (Å²) in [5.74, 6) is 1.21. The number of rotatable bonds is 2. The zero-order valence-electron chi connectivity index (χ0n) is 8.36. The van der Waals surface area contributed by atoms with E-state index in [4.69, 9.17) is 5.73 Å². The highest BCUT2D eigenvalue weighted by molar-refractivity contribution is 5.43. The van der Waals surface area contributed by atoms with E-state index in [-0.39, 0.29) is 0 Å². The number of nitrogen functional groups attached to an aromatic ring is 1. The number of fused-ring (bicyclic) bond motifs is 1. The van der Waals surface area contributed by atoms with Crippen LogP contribution in [0.4, 0.5) is 5.95 Å². The van der Waals surface area contributed by atoms with Crippen molar-refractivity contribution in [2.24, 2.45) is 0 Å². The molecule has 0 aliphatic heterocycles. The van der Waals surface area contributed by atoms with Crippen LogP contribution in [0.25, 0.3) is 5.65 Å². The first-order valence-corrected chi connectivity index (χ1v) is 4.75. The van der Waals surface area contributed by atoms with Crippen LogP contribution in [0.5, 0.6) is 0 Å². The van der Waals surface area contributed by atoms with Crippen LogP contribution in [-0.2, 0) is 12.8 Å². The van der Waals surface area contributed by atoms with Gasteiger partial charge in [-0.1, -0.05) is 13.8 Å². The molecule has 0 bridgehead atoms. The van der Waals surface area contributed by atoms with Crippen LogP contribution in [0.1, 0.15) is 25.4 Å². The molecule has 5 nitrogen and oxygen atoms in total. The van der Waals surface area contributed by atoms with Gasteiger partial charge in [0.05, 0.1) is 0 Å². The van der Waals surface area contributed by atoms with E-state index in [9.17, 15) is 0 Å². The third-order valence-electron chi connectivity index (χ3n) is 2.14. The Bertz CT molecular complexity index is 459. The molecule has 2 N–H and O–H groups in total. The summed E-state index contributed by atoms with van der Waals surface area (Å²) in [7, 11) is 0. The molecule has 0 amide bonds. The second-order valence-corrected chi connectivity index (χ2v) is 3.11. The largest absolute Gasteiger partial charge is 0.366 e. The molecule has 0 spiro atoms. The smallest absolute Gasteiger partial charge is 0.240 e. The fourth-order valence-corrected chi connectivity index (χ4v) is 1.43. The van der Waals surface area contributed by atoms with Gasteiger partial charge in [-0.25, -0.2) is 4.98 Å². The molecule has 2 rings (SSSR count). The Morgan fingerprint density at radius 2 is 2.07 bits per heavy atom. The lowest BCUT2D eigenvalue weighted by Gasteiger charge is -2.02. The van der Waals surface area contributed by atoms with Crippen molar-refractivity contribution in [2.45, 2.75) is 26.7 Å². The zero-order valence-corrected chi connectivity index (χ0v) is 8.36. The van der Waals surface area contributed by atoms with Crippen molar-refractivity contribution in [2.75, 3.05) is 5.73 Å². The predicted octanol–water partition coefficient (Wildman–Crippen LogP) is 0.831. The molecular formula is C9H13N5. The molecule has 14 heavy (non-hydrogen) atoms. The zero-order chi connectivity index (χ0) is 10.1. The highest BCUT2D eigenvalue weighted by Crippen LogP contribution is 2.08. The van der Waals surface area contributed by atoms with E-state index in [0.29, 0.717) is 5.95 Å². The van der Waals surface area contributed by atoms with Gasteiger partial charge in [0, 0.05) is 18.2 Å². The number of aryl methyl sites for hydroxylation is 2. The molecule has 0 unspecified atom stereocenters. The summed E-state index contributed by atoms with van der Waals surface area (Å²) in [6.07, 6.45) is 1.73. The average molecular weight is 191 g/mol. The first-order chi connectivity index (χ1) is 6.74. The van der Waals surface area contributed by atoms with Gasteiger partial charge in [-0.15, -0.1) is 5.10 Å². The van der Waals surface area contributed by atoms with Gasteiger partial charge >= 0.3 is 0 Å². The van der Waals surface area contributed by atoms with Crippen LogP contribution in [0.3, 0.4) is 0 Å². The Labute approximate surface area is 82.0 Å². The molecule has 0 atom stereocenters. The van der Waals surface area contributed by atoms with Gasteiger partial charge in [-0.05, 0) is 6.42 Å². The molecule has 2 aromatic heterocycles. The van der Waals surface area contributed by atoms with E-state index in [1.54, 1.807) is 4.52 Å². The van der Waals surface area contributed by atoms with Gasteiger partial charge in [-0.2, -0.15) is 9.50 Å². The topological polar surface area (TPSA) is 69.1 Å². The van der Waals surface area contributed by atoms with Crippen molar-refractivity contribution in [3.63, 3.8) is 0 Å². The van der Waals surface area contributed by atoms with Crippen LogP contribution in [0, 0.1) is 0 Å². The molecule has 0 aromatic carbocycles. The average Bonchev–Trinajstić information content (AvgIpc) is 2.56. The Hall–Kier alpha value is -1.65. The summed E-state index contributed by atoms with van der Waals surface area (Å²) >= 11 is 0. The maximum absolute atomic E-state index is 5.53. The van der Waals surface area contributed by atoms with Gasteiger partial charge in [0.25, 0.3) is 0 Å². The van der Waals surface area contributed by atoms with Crippen molar-refractivity contribution in [1.82, 2.24) is 19.6 Å². The lowest BCUT2D eigenvalue weighted by atomic mass is 10.3. The second kappa shape index (κ2) is 3.25. The quantitative estimate of drug-likeness (QED) is 0.763. The fourth-order valence-electron chi connectivity index (χ4n) is 1.43. The van der Waals surface area contributed by atoms with Crippen molar-refractivity contribution < 1.29 is 0 Å².